The molecular formula is C27H28N2O6S. The highest BCUT2D eigenvalue weighted by Crippen LogP contribution is 2.30. The fourth-order valence-corrected chi connectivity index (χ4v) is 4.24. The zero-order chi connectivity index (χ0) is 25.9. The van der Waals surface area contributed by atoms with E-state index in [1.807, 2.05) is 48.5 Å². The third kappa shape index (κ3) is 7.78. The average Bonchev–Trinajstić information content (AvgIpc) is 2.90. The standard InChI is InChI=1S/C27H28N2O6S/c1-18(30)35-16-26(31)29-23-9-4-5-10-25(23)36-17-19-7-6-8-20(13-19)27(32)28-15-21-11-12-22(33-2)14-24(21)34-3/h4-14H,15-17H2,1-3H3,(H,28,32)(H,29,31). The number of methoxy groups -OCH3 is 2. The van der Waals surface area contributed by atoms with Gasteiger partial charge in [0, 0.05) is 41.3 Å². The van der Waals surface area contributed by atoms with Crippen molar-refractivity contribution in [2.75, 3.05) is 26.1 Å². The van der Waals surface area contributed by atoms with Gasteiger partial charge in [0.2, 0.25) is 0 Å². The second-order valence-corrected chi connectivity index (χ2v) is 8.69. The smallest absolute Gasteiger partial charge is 0.303 e. The van der Waals surface area contributed by atoms with E-state index >= 15 is 0 Å². The number of hydrogen-bond acceptors (Lipinski definition) is 7. The lowest BCUT2D eigenvalue weighted by Gasteiger charge is -2.12. The maximum absolute atomic E-state index is 12.8. The van der Waals surface area contributed by atoms with Crippen molar-refractivity contribution in [3.05, 3.63) is 83.4 Å². The molecule has 3 aromatic rings. The minimum Gasteiger partial charge on any atom is -0.497 e. The first-order valence-electron chi connectivity index (χ1n) is 11.1. The summed E-state index contributed by atoms with van der Waals surface area (Å²) in [4.78, 5) is 36.6. The summed E-state index contributed by atoms with van der Waals surface area (Å²) in [6, 6.07) is 20.2. The van der Waals surface area contributed by atoms with Gasteiger partial charge in [-0.1, -0.05) is 24.3 Å². The Bertz CT molecular complexity index is 1230. The van der Waals surface area contributed by atoms with Crippen molar-refractivity contribution in [2.24, 2.45) is 0 Å². The second kappa shape index (κ2) is 13.2. The monoisotopic (exact) mass is 508 g/mol. The van der Waals surface area contributed by atoms with Crippen LogP contribution in [-0.2, 0) is 26.6 Å². The second-order valence-electron chi connectivity index (χ2n) is 7.67. The summed E-state index contributed by atoms with van der Waals surface area (Å²) in [5.41, 5.74) is 2.96. The molecule has 36 heavy (non-hydrogen) atoms. The van der Waals surface area contributed by atoms with Crippen molar-refractivity contribution >= 4 is 35.2 Å². The van der Waals surface area contributed by atoms with Gasteiger partial charge in [-0.15, -0.1) is 11.8 Å². The maximum atomic E-state index is 12.8. The normalized spacial score (nSPS) is 10.3. The van der Waals surface area contributed by atoms with E-state index in [1.54, 1.807) is 32.4 Å². The van der Waals surface area contributed by atoms with Crippen LogP contribution in [0.2, 0.25) is 0 Å². The van der Waals surface area contributed by atoms with Crippen molar-refractivity contribution in [3.63, 3.8) is 0 Å². The molecule has 9 heteroatoms. The number of ether oxygens (including phenoxy) is 3. The van der Waals surface area contributed by atoms with Gasteiger partial charge in [-0.2, -0.15) is 0 Å². The number of amides is 2. The lowest BCUT2D eigenvalue weighted by Crippen LogP contribution is -2.23. The minimum absolute atomic E-state index is 0.196. The number of nitrogens with one attached hydrogen (secondary N) is 2. The molecule has 3 aromatic carbocycles. The highest BCUT2D eigenvalue weighted by atomic mass is 32.2. The minimum atomic E-state index is -0.514. The summed E-state index contributed by atoms with van der Waals surface area (Å²) in [5.74, 6) is 0.781. The van der Waals surface area contributed by atoms with Crippen LogP contribution in [0.15, 0.2) is 71.6 Å². The van der Waals surface area contributed by atoms with E-state index < -0.39 is 11.9 Å². The highest BCUT2D eigenvalue weighted by Gasteiger charge is 2.12. The van der Waals surface area contributed by atoms with Crippen LogP contribution in [0.4, 0.5) is 5.69 Å². The summed E-state index contributed by atoms with van der Waals surface area (Å²) in [7, 11) is 3.16. The predicted octanol–water partition coefficient (Wildman–Crippen LogP) is 4.43. The molecule has 0 aliphatic heterocycles. The topological polar surface area (TPSA) is 103 Å². The molecule has 0 aliphatic carbocycles. The van der Waals surface area contributed by atoms with Crippen molar-refractivity contribution in [2.45, 2.75) is 24.1 Å². The fourth-order valence-electron chi connectivity index (χ4n) is 3.29. The quantitative estimate of drug-likeness (QED) is 0.292. The molecule has 2 amide bonds. The fraction of sp³-hybridized carbons (Fsp3) is 0.222. The number of hydrogen-bond donors (Lipinski definition) is 2. The molecule has 0 heterocycles. The molecule has 0 fully saturated rings. The Morgan fingerprint density at radius 2 is 1.72 bits per heavy atom. The van der Waals surface area contributed by atoms with Crippen LogP contribution in [0.25, 0.3) is 0 Å². The van der Waals surface area contributed by atoms with Gasteiger partial charge in [-0.05, 0) is 42.0 Å². The molecule has 0 bridgehead atoms. The van der Waals surface area contributed by atoms with E-state index in [2.05, 4.69) is 10.6 Å². The van der Waals surface area contributed by atoms with Gasteiger partial charge in [0.05, 0.1) is 19.9 Å². The highest BCUT2D eigenvalue weighted by molar-refractivity contribution is 7.98. The summed E-state index contributed by atoms with van der Waals surface area (Å²) in [6.45, 7) is 1.22. The van der Waals surface area contributed by atoms with E-state index in [1.165, 1.54) is 18.7 Å². The molecular weight excluding hydrogens is 480 g/mol. The molecule has 0 spiro atoms. The molecule has 0 saturated carbocycles. The lowest BCUT2D eigenvalue weighted by molar-refractivity contribution is -0.144. The van der Waals surface area contributed by atoms with E-state index in [0.717, 1.165) is 16.0 Å². The van der Waals surface area contributed by atoms with Crippen molar-refractivity contribution in [1.29, 1.82) is 0 Å². The SMILES string of the molecule is COc1ccc(CNC(=O)c2cccc(CSc3ccccc3NC(=O)COC(C)=O)c2)c(OC)c1. The number of esters is 1. The van der Waals surface area contributed by atoms with Crippen LogP contribution < -0.4 is 20.1 Å². The van der Waals surface area contributed by atoms with Crippen LogP contribution in [-0.4, -0.2) is 38.6 Å². The Balaban J connectivity index is 1.61. The van der Waals surface area contributed by atoms with Crippen LogP contribution in [0.1, 0.15) is 28.4 Å². The molecule has 0 radical (unpaired) electrons. The number of thioether (sulfide) groups is 1. The molecule has 2 N–H and O–H groups in total. The number of anilines is 1. The Hall–Kier alpha value is -3.98. The van der Waals surface area contributed by atoms with Gasteiger partial charge in [-0.25, -0.2) is 0 Å². The Kier molecular flexibility index (Phi) is 9.76. The van der Waals surface area contributed by atoms with Crippen LogP contribution in [0, 0.1) is 0 Å². The van der Waals surface area contributed by atoms with E-state index in [4.69, 9.17) is 14.2 Å². The third-order valence-corrected chi connectivity index (χ3v) is 6.23. The van der Waals surface area contributed by atoms with Crippen LogP contribution in [0.3, 0.4) is 0 Å². The summed E-state index contributed by atoms with van der Waals surface area (Å²) in [6.07, 6.45) is 0. The van der Waals surface area contributed by atoms with Gasteiger partial charge in [0.15, 0.2) is 6.61 Å². The predicted molar refractivity (Wildman–Crippen MR) is 138 cm³/mol. The zero-order valence-corrected chi connectivity index (χ0v) is 21.1. The maximum Gasteiger partial charge on any atom is 0.303 e. The molecule has 0 aromatic heterocycles. The number of rotatable bonds is 11. The molecule has 3 rings (SSSR count). The first-order chi connectivity index (χ1) is 17.4. The molecule has 8 nitrogen and oxygen atoms in total. The largest absolute Gasteiger partial charge is 0.497 e. The Labute approximate surface area is 214 Å². The third-order valence-electron chi connectivity index (χ3n) is 5.08. The molecule has 0 unspecified atom stereocenters. The van der Waals surface area contributed by atoms with Crippen molar-refractivity contribution < 1.29 is 28.6 Å². The van der Waals surface area contributed by atoms with Gasteiger partial charge < -0.3 is 24.8 Å². The summed E-state index contributed by atoms with van der Waals surface area (Å²) in [5, 5.41) is 5.69. The first-order valence-corrected chi connectivity index (χ1v) is 12.1. The summed E-state index contributed by atoms with van der Waals surface area (Å²) >= 11 is 1.52. The molecule has 0 saturated heterocycles. The molecule has 188 valence electrons. The molecule has 0 aliphatic rings. The number of benzene rings is 3. The van der Waals surface area contributed by atoms with E-state index in [9.17, 15) is 14.4 Å². The van der Waals surface area contributed by atoms with E-state index in [0.29, 0.717) is 35.0 Å². The van der Waals surface area contributed by atoms with Gasteiger partial charge in [0.1, 0.15) is 11.5 Å². The number of carbonyl (C=O) groups is 3. The average molecular weight is 509 g/mol. The number of para-hydroxylation sites is 1. The van der Waals surface area contributed by atoms with Crippen molar-refractivity contribution in [1.82, 2.24) is 5.32 Å². The van der Waals surface area contributed by atoms with Gasteiger partial charge >= 0.3 is 5.97 Å². The number of carbonyl (C=O) groups excluding carboxylic acids is 3. The molecule has 0 atom stereocenters. The summed E-state index contributed by atoms with van der Waals surface area (Å²) < 4.78 is 15.4. The van der Waals surface area contributed by atoms with Crippen molar-refractivity contribution in [3.8, 4) is 11.5 Å². The Morgan fingerprint density at radius 3 is 2.47 bits per heavy atom. The van der Waals surface area contributed by atoms with Crippen LogP contribution >= 0.6 is 11.8 Å². The van der Waals surface area contributed by atoms with Gasteiger partial charge in [0.25, 0.3) is 11.8 Å². The zero-order valence-electron chi connectivity index (χ0n) is 20.3. The Morgan fingerprint density at radius 1 is 0.917 bits per heavy atom. The van der Waals surface area contributed by atoms with E-state index in [-0.39, 0.29) is 12.5 Å². The lowest BCUT2D eigenvalue weighted by atomic mass is 10.1. The van der Waals surface area contributed by atoms with Crippen LogP contribution in [0.5, 0.6) is 11.5 Å². The van der Waals surface area contributed by atoms with Gasteiger partial charge in [-0.3, -0.25) is 14.4 Å². The first kappa shape index (κ1) is 26.6.